The normalized spacial score (nSPS) is 16.0. The van der Waals surface area contributed by atoms with Gasteiger partial charge in [0.2, 0.25) is 0 Å². The third kappa shape index (κ3) is 2.09. The number of hydrogen-bond donors (Lipinski definition) is 0. The number of azo groups is 1. The Labute approximate surface area is 154 Å². The van der Waals surface area contributed by atoms with E-state index >= 15 is 0 Å². The fourth-order valence-corrected chi connectivity index (χ4v) is 3.64. The van der Waals surface area contributed by atoms with Gasteiger partial charge in [-0.2, -0.15) is 0 Å². The molecule has 0 saturated carbocycles. The number of nitrogens with zero attached hydrogens (tertiary/aromatic N) is 2. The summed E-state index contributed by atoms with van der Waals surface area (Å²) in [5.74, 6) is 1.12. The second-order valence-electron chi connectivity index (χ2n) is 5.96. The predicted octanol–water partition coefficient (Wildman–Crippen LogP) is 5.05. The van der Waals surface area contributed by atoms with E-state index in [1.165, 1.54) is 0 Å². The summed E-state index contributed by atoms with van der Waals surface area (Å²) in [7, 11) is 0. The molecule has 2 aliphatic rings. The van der Waals surface area contributed by atoms with Crippen LogP contribution in [0.3, 0.4) is 0 Å². The van der Waals surface area contributed by atoms with E-state index in [0.29, 0.717) is 21.5 Å². The molecule has 122 valence electrons. The van der Waals surface area contributed by atoms with Crippen molar-refractivity contribution >= 4 is 46.7 Å². The lowest BCUT2D eigenvalue weighted by atomic mass is 9.63. The van der Waals surface area contributed by atoms with E-state index in [0.717, 1.165) is 16.8 Å². The molecule has 0 fully saturated rings. The monoisotopic (exact) mass is 368 g/mol. The van der Waals surface area contributed by atoms with E-state index in [2.05, 4.69) is 0 Å². The third-order valence-corrected chi connectivity index (χ3v) is 5.17. The summed E-state index contributed by atoms with van der Waals surface area (Å²) in [6, 6.07) is 21.0. The van der Waals surface area contributed by atoms with Crippen molar-refractivity contribution in [3.8, 4) is 11.5 Å². The molecule has 0 radical (unpaired) electrons. The minimum atomic E-state index is -2.05. The lowest BCUT2D eigenvalue weighted by molar-refractivity contribution is -0.396. The molecule has 3 aromatic rings. The van der Waals surface area contributed by atoms with Crippen LogP contribution in [0.4, 0.5) is 11.4 Å². The number of fused-ring (bicyclic) bond motifs is 3. The average Bonchev–Trinajstić information content (AvgIpc) is 3.15. The Morgan fingerprint density at radius 2 is 1.40 bits per heavy atom. The summed E-state index contributed by atoms with van der Waals surface area (Å²) < 4.78 is 14.4. The Kier molecular flexibility index (Phi) is 3.11. The van der Waals surface area contributed by atoms with Gasteiger partial charge in [-0.15, -0.1) is 0 Å². The molecule has 0 atom stereocenters. The minimum Gasteiger partial charge on any atom is -0.615 e. The summed E-state index contributed by atoms with van der Waals surface area (Å²) in [6.07, 6.45) is 0. The van der Waals surface area contributed by atoms with Crippen molar-refractivity contribution in [3.63, 3.8) is 0 Å². The standard InChI is InChI=1S/C18H11BCl2N2O2/c20-14-10-17-18(11-15(14)21)25-19(24-17)13-8-4-5-9-16(13)22-23(19)12-6-2-1-3-7-12/h1-11H. The summed E-state index contributed by atoms with van der Waals surface area (Å²) in [5.41, 5.74) is 2.58. The van der Waals surface area contributed by atoms with Crippen molar-refractivity contribution in [3.05, 3.63) is 76.8 Å². The van der Waals surface area contributed by atoms with Crippen molar-refractivity contribution in [1.29, 1.82) is 0 Å². The van der Waals surface area contributed by atoms with Crippen LogP contribution in [-0.2, 0) is 0 Å². The molecule has 2 heterocycles. The quantitative estimate of drug-likeness (QED) is 0.563. The Balaban J connectivity index is 1.72. The summed E-state index contributed by atoms with van der Waals surface area (Å²) in [4.78, 5) is 0. The van der Waals surface area contributed by atoms with Crippen LogP contribution in [-0.4, -0.2) is 11.3 Å². The Hall–Kier alpha value is -2.50. The molecule has 7 heteroatoms. The third-order valence-electron chi connectivity index (χ3n) is 4.45. The highest BCUT2D eigenvalue weighted by Crippen LogP contribution is 2.45. The maximum atomic E-state index is 6.31. The first-order valence-electron chi connectivity index (χ1n) is 7.84. The van der Waals surface area contributed by atoms with Crippen LogP contribution in [0.15, 0.2) is 71.8 Å². The molecule has 0 N–H and O–H groups in total. The van der Waals surface area contributed by atoms with Crippen molar-refractivity contribution in [2.45, 2.75) is 0 Å². The second-order valence-corrected chi connectivity index (χ2v) is 6.77. The predicted molar refractivity (Wildman–Crippen MR) is 98.0 cm³/mol. The highest BCUT2D eigenvalue weighted by atomic mass is 35.5. The average molecular weight is 369 g/mol. The number of hydrogen-bond acceptors (Lipinski definition) is 3. The van der Waals surface area contributed by atoms with E-state index < -0.39 is 6.69 Å². The maximum absolute atomic E-state index is 6.31. The largest absolute Gasteiger partial charge is 0.711 e. The molecular weight excluding hydrogens is 358 g/mol. The van der Waals surface area contributed by atoms with Crippen LogP contribution >= 0.6 is 23.2 Å². The Morgan fingerprint density at radius 1 is 0.800 bits per heavy atom. The summed E-state index contributed by atoms with van der Waals surface area (Å²) >= 11 is 12.3. The van der Waals surface area contributed by atoms with Gasteiger partial charge in [-0.05, 0) is 23.7 Å². The molecule has 1 spiro atoms. The maximum Gasteiger partial charge on any atom is 0.711 e. The van der Waals surface area contributed by atoms with Crippen LogP contribution in [0.1, 0.15) is 0 Å². The van der Waals surface area contributed by atoms with E-state index in [1.54, 1.807) is 16.7 Å². The first kappa shape index (κ1) is 14.8. The highest BCUT2D eigenvalue weighted by molar-refractivity contribution is 6.78. The smallest absolute Gasteiger partial charge is 0.615 e. The molecule has 0 aliphatic carbocycles. The van der Waals surface area contributed by atoms with E-state index in [4.69, 9.17) is 37.6 Å². The number of rotatable bonds is 1. The zero-order chi connectivity index (χ0) is 17.0. The highest BCUT2D eigenvalue weighted by Gasteiger charge is 2.60. The zero-order valence-corrected chi connectivity index (χ0v) is 14.4. The molecule has 0 unspecified atom stereocenters. The zero-order valence-electron chi connectivity index (χ0n) is 12.9. The molecule has 0 bridgehead atoms. The lowest BCUT2D eigenvalue weighted by Gasteiger charge is -2.24. The topological polar surface area (TPSA) is 33.8 Å². The lowest BCUT2D eigenvalue weighted by Crippen LogP contribution is -2.61. The molecule has 0 saturated heterocycles. The van der Waals surface area contributed by atoms with Crippen molar-refractivity contribution in [2.75, 3.05) is 0 Å². The first-order chi connectivity index (χ1) is 12.2. The molecule has 4 nitrogen and oxygen atoms in total. The van der Waals surface area contributed by atoms with Gasteiger partial charge in [-0.25, -0.2) is 4.61 Å². The number of halogens is 2. The van der Waals surface area contributed by atoms with Gasteiger partial charge in [0, 0.05) is 12.1 Å². The van der Waals surface area contributed by atoms with Gasteiger partial charge in [-0.3, -0.25) is 0 Å². The van der Waals surface area contributed by atoms with E-state index in [-0.39, 0.29) is 0 Å². The SMILES string of the molecule is Clc1cc2c(cc1Cl)O[B-]1(O2)c2ccccc2N=[N+]1c1ccccc1. The van der Waals surface area contributed by atoms with Gasteiger partial charge < -0.3 is 9.31 Å². The van der Waals surface area contributed by atoms with Crippen molar-refractivity contribution in [2.24, 2.45) is 5.11 Å². The molecule has 0 amide bonds. The van der Waals surface area contributed by atoms with Gasteiger partial charge in [0.15, 0.2) is 5.69 Å². The van der Waals surface area contributed by atoms with Crippen LogP contribution in [0.2, 0.25) is 10.0 Å². The van der Waals surface area contributed by atoms with E-state index in [1.807, 2.05) is 54.6 Å². The van der Waals surface area contributed by atoms with Gasteiger partial charge in [0.1, 0.15) is 17.2 Å². The van der Waals surface area contributed by atoms with Crippen LogP contribution < -0.4 is 14.8 Å². The van der Waals surface area contributed by atoms with Crippen LogP contribution in [0.25, 0.3) is 0 Å². The first-order valence-corrected chi connectivity index (χ1v) is 8.60. The molecule has 5 rings (SSSR count). The van der Waals surface area contributed by atoms with Gasteiger partial charge in [-0.1, -0.05) is 64.7 Å². The number of benzene rings is 3. The Morgan fingerprint density at radius 3 is 2.08 bits per heavy atom. The van der Waals surface area contributed by atoms with Crippen molar-refractivity contribution in [1.82, 2.24) is 0 Å². The Bertz CT molecular complexity index is 1010. The fourth-order valence-electron chi connectivity index (χ4n) is 3.34. The van der Waals surface area contributed by atoms with Gasteiger partial charge in [0.05, 0.1) is 10.0 Å². The summed E-state index contributed by atoms with van der Waals surface area (Å²) in [5, 5.41) is 5.58. The molecule has 25 heavy (non-hydrogen) atoms. The molecule has 3 aromatic carbocycles. The number of para-hydroxylation sites is 1. The van der Waals surface area contributed by atoms with E-state index in [9.17, 15) is 0 Å². The van der Waals surface area contributed by atoms with Crippen molar-refractivity contribution < 1.29 is 13.9 Å². The van der Waals surface area contributed by atoms with Crippen LogP contribution in [0.5, 0.6) is 11.5 Å². The summed E-state index contributed by atoms with van der Waals surface area (Å²) in [6.45, 7) is -2.05. The molecule has 0 aromatic heterocycles. The van der Waals surface area contributed by atoms with Crippen LogP contribution in [0, 0.1) is 0 Å². The minimum absolute atomic E-state index is 0.423. The second kappa shape index (κ2) is 5.25. The fraction of sp³-hybridized carbons (Fsp3) is 0. The van der Waals surface area contributed by atoms with Gasteiger partial charge >= 0.3 is 6.69 Å². The van der Waals surface area contributed by atoms with Gasteiger partial charge in [0.25, 0.3) is 0 Å². The molecule has 2 aliphatic heterocycles. The molecular formula is C18H11BCl2N2O2.